The average Bonchev–Trinajstić information content (AvgIpc) is 2.61. The van der Waals surface area contributed by atoms with Gasteiger partial charge in [-0.2, -0.15) is 0 Å². The van der Waals surface area contributed by atoms with Crippen LogP contribution < -0.4 is 11.1 Å². The van der Waals surface area contributed by atoms with Gasteiger partial charge in [0.05, 0.1) is 12.0 Å². The van der Waals surface area contributed by atoms with Crippen molar-refractivity contribution in [1.82, 2.24) is 14.9 Å². The van der Waals surface area contributed by atoms with E-state index in [0.717, 1.165) is 25.2 Å². The van der Waals surface area contributed by atoms with Crippen LogP contribution in [0.4, 0.5) is 0 Å². The molecule has 1 amide bonds. The lowest BCUT2D eigenvalue weighted by Crippen LogP contribution is -2.22. The zero-order valence-electron chi connectivity index (χ0n) is 9.07. The number of nitrogens with two attached hydrogens (primary N) is 1. The van der Waals surface area contributed by atoms with Crippen LogP contribution in [0.2, 0.25) is 0 Å². The Kier molecular flexibility index (Phi) is 4.83. The van der Waals surface area contributed by atoms with Crippen molar-refractivity contribution in [3.05, 3.63) is 18.2 Å². The number of nitrogens with one attached hydrogen (secondary N) is 1. The summed E-state index contributed by atoms with van der Waals surface area (Å²) in [6.45, 7) is 4.46. The Labute approximate surface area is 89.7 Å². The van der Waals surface area contributed by atoms with E-state index in [9.17, 15) is 4.79 Å². The highest BCUT2D eigenvalue weighted by Crippen LogP contribution is 2.00. The highest BCUT2D eigenvalue weighted by Gasteiger charge is 2.00. The summed E-state index contributed by atoms with van der Waals surface area (Å²) in [6, 6.07) is 0. The molecule has 5 nitrogen and oxygen atoms in total. The van der Waals surface area contributed by atoms with Crippen molar-refractivity contribution in [3.63, 3.8) is 0 Å². The van der Waals surface area contributed by atoms with Gasteiger partial charge in [-0.25, -0.2) is 4.98 Å². The minimum absolute atomic E-state index is 0.274. The summed E-state index contributed by atoms with van der Waals surface area (Å²) < 4.78 is 2.11. The van der Waals surface area contributed by atoms with Crippen LogP contribution in [0.25, 0.3) is 0 Å². The number of aryl methyl sites for hydroxylation is 1. The first-order valence-electron chi connectivity index (χ1n) is 5.22. The smallest absolute Gasteiger partial charge is 0.218 e. The van der Waals surface area contributed by atoms with Gasteiger partial charge in [-0.15, -0.1) is 0 Å². The fraction of sp³-hybridized carbons (Fsp3) is 0.600. The first-order valence-corrected chi connectivity index (χ1v) is 5.22. The number of carbonyl (C=O) groups is 1. The molecule has 0 bridgehead atoms. The number of aromatic nitrogens is 2. The molecule has 0 unspecified atom stereocenters. The van der Waals surface area contributed by atoms with E-state index < -0.39 is 0 Å². The molecule has 15 heavy (non-hydrogen) atoms. The first-order chi connectivity index (χ1) is 7.24. The predicted octanol–water partition coefficient (Wildman–Crippen LogP) is 0.258. The maximum Gasteiger partial charge on any atom is 0.218 e. The van der Waals surface area contributed by atoms with Crippen molar-refractivity contribution in [2.75, 3.05) is 6.54 Å². The third kappa shape index (κ3) is 4.12. The number of rotatable bonds is 7. The molecule has 1 aromatic heterocycles. The van der Waals surface area contributed by atoms with E-state index in [1.807, 2.05) is 12.5 Å². The largest absolute Gasteiger partial charge is 0.370 e. The number of primary amides is 1. The van der Waals surface area contributed by atoms with Crippen LogP contribution in [-0.2, 0) is 17.9 Å². The van der Waals surface area contributed by atoms with Crippen LogP contribution in [0.15, 0.2) is 12.5 Å². The van der Waals surface area contributed by atoms with E-state index in [1.54, 1.807) is 0 Å². The molecule has 0 aliphatic heterocycles. The van der Waals surface area contributed by atoms with Gasteiger partial charge in [0.2, 0.25) is 5.91 Å². The van der Waals surface area contributed by atoms with Crippen molar-refractivity contribution < 1.29 is 4.79 Å². The van der Waals surface area contributed by atoms with Crippen molar-refractivity contribution in [3.8, 4) is 0 Å². The molecule has 0 radical (unpaired) electrons. The van der Waals surface area contributed by atoms with Crippen LogP contribution in [-0.4, -0.2) is 22.0 Å². The normalized spacial score (nSPS) is 10.5. The lowest BCUT2D eigenvalue weighted by atomic mass is 10.3. The van der Waals surface area contributed by atoms with Crippen molar-refractivity contribution in [2.45, 2.75) is 32.9 Å². The predicted molar refractivity (Wildman–Crippen MR) is 58.0 cm³/mol. The third-order valence-corrected chi connectivity index (χ3v) is 2.12. The highest BCUT2D eigenvalue weighted by atomic mass is 16.1. The van der Waals surface area contributed by atoms with E-state index in [0.29, 0.717) is 13.0 Å². The molecule has 1 rings (SSSR count). The lowest BCUT2D eigenvalue weighted by molar-refractivity contribution is -0.117. The van der Waals surface area contributed by atoms with Gasteiger partial charge in [-0.3, -0.25) is 4.79 Å². The molecular formula is C10H18N4O. The molecule has 1 heterocycles. The summed E-state index contributed by atoms with van der Waals surface area (Å²) in [5.41, 5.74) is 6.17. The van der Waals surface area contributed by atoms with E-state index in [4.69, 9.17) is 5.73 Å². The van der Waals surface area contributed by atoms with Crippen molar-refractivity contribution in [2.24, 2.45) is 5.73 Å². The molecule has 0 saturated carbocycles. The van der Waals surface area contributed by atoms with Gasteiger partial charge in [-0.05, 0) is 6.42 Å². The summed E-state index contributed by atoms with van der Waals surface area (Å²) in [4.78, 5) is 14.6. The Morgan fingerprint density at radius 2 is 2.47 bits per heavy atom. The number of imidazole rings is 1. The number of carbonyl (C=O) groups excluding carboxylic acids is 1. The molecular weight excluding hydrogens is 192 g/mol. The van der Waals surface area contributed by atoms with Gasteiger partial charge in [0, 0.05) is 32.3 Å². The van der Waals surface area contributed by atoms with Gasteiger partial charge in [0.15, 0.2) is 0 Å². The zero-order valence-corrected chi connectivity index (χ0v) is 9.07. The topological polar surface area (TPSA) is 72.9 Å². The minimum atomic E-state index is -0.274. The van der Waals surface area contributed by atoms with Crippen LogP contribution >= 0.6 is 0 Å². The molecule has 0 aliphatic rings. The zero-order chi connectivity index (χ0) is 11.1. The molecule has 0 aliphatic carbocycles. The summed E-state index contributed by atoms with van der Waals surface area (Å²) in [6.07, 6.45) is 5.13. The Bertz CT molecular complexity index is 308. The Hall–Kier alpha value is -1.36. The monoisotopic (exact) mass is 210 g/mol. The molecule has 0 aromatic carbocycles. The SMILES string of the molecule is CCCn1cncc1CNCCC(N)=O. The molecule has 5 heteroatoms. The van der Waals surface area contributed by atoms with E-state index in [2.05, 4.69) is 21.8 Å². The average molecular weight is 210 g/mol. The number of amides is 1. The molecule has 0 atom stereocenters. The van der Waals surface area contributed by atoms with Gasteiger partial charge < -0.3 is 15.6 Å². The lowest BCUT2D eigenvalue weighted by Gasteiger charge is -2.07. The van der Waals surface area contributed by atoms with Crippen LogP contribution in [0.5, 0.6) is 0 Å². The fourth-order valence-corrected chi connectivity index (χ4v) is 1.37. The van der Waals surface area contributed by atoms with Crippen molar-refractivity contribution >= 4 is 5.91 Å². The van der Waals surface area contributed by atoms with Gasteiger partial charge in [0.1, 0.15) is 0 Å². The maximum atomic E-state index is 10.5. The number of nitrogens with zero attached hydrogens (tertiary/aromatic N) is 2. The standard InChI is InChI=1S/C10H18N4O/c1-2-5-14-8-13-7-9(14)6-12-4-3-10(11)15/h7-8,12H,2-6H2,1H3,(H2,11,15). The van der Waals surface area contributed by atoms with E-state index >= 15 is 0 Å². The van der Waals surface area contributed by atoms with E-state index in [-0.39, 0.29) is 5.91 Å². The third-order valence-electron chi connectivity index (χ3n) is 2.12. The Morgan fingerprint density at radius 1 is 1.67 bits per heavy atom. The van der Waals surface area contributed by atoms with Crippen LogP contribution in [0, 0.1) is 0 Å². The molecule has 0 saturated heterocycles. The van der Waals surface area contributed by atoms with Gasteiger partial charge >= 0.3 is 0 Å². The number of hydrogen-bond donors (Lipinski definition) is 2. The summed E-state index contributed by atoms with van der Waals surface area (Å²) in [7, 11) is 0. The van der Waals surface area contributed by atoms with E-state index in [1.165, 1.54) is 0 Å². The second-order valence-corrected chi connectivity index (χ2v) is 3.47. The number of hydrogen-bond acceptors (Lipinski definition) is 3. The first kappa shape index (κ1) is 11.7. The van der Waals surface area contributed by atoms with Gasteiger partial charge in [-0.1, -0.05) is 6.92 Å². The minimum Gasteiger partial charge on any atom is -0.370 e. The Morgan fingerprint density at radius 3 is 3.13 bits per heavy atom. The van der Waals surface area contributed by atoms with Crippen LogP contribution in [0.1, 0.15) is 25.5 Å². The van der Waals surface area contributed by atoms with Gasteiger partial charge in [0.25, 0.3) is 0 Å². The molecule has 0 spiro atoms. The molecule has 84 valence electrons. The molecule has 0 fully saturated rings. The maximum absolute atomic E-state index is 10.5. The molecule has 3 N–H and O–H groups in total. The summed E-state index contributed by atoms with van der Waals surface area (Å²) in [5, 5.41) is 3.16. The molecule has 1 aromatic rings. The second-order valence-electron chi connectivity index (χ2n) is 3.47. The quantitative estimate of drug-likeness (QED) is 0.634. The summed E-state index contributed by atoms with van der Waals surface area (Å²) in [5.74, 6) is -0.274. The fourth-order valence-electron chi connectivity index (χ4n) is 1.37. The van der Waals surface area contributed by atoms with Crippen molar-refractivity contribution in [1.29, 1.82) is 0 Å². The second kappa shape index (κ2) is 6.19. The van der Waals surface area contributed by atoms with Crippen LogP contribution in [0.3, 0.4) is 0 Å². The Balaban J connectivity index is 2.30. The summed E-state index contributed by atoms with van der Waals surface area (Å²) >= 11 is 0. The highest BCUT2D eigenvalue weighted by molar-refractivity contribution is 5.73.